The average molecular weight is 225 g/mol. The fourth-order valence-corrected chi connectivity index (χ4v) is 2.83. The van der Waals surface area contributed by atoms with Crippen molar-refractivity contribution in [2.75, 3.05) is 6.54 Å². The van der Waals surface area contributed by atoms with E-state index >= 15 is 0 Å². The number of hydrogen-bond acceptors (Lipinski definition) is 2. The normalized spacial score (nSPS) is 25.6. The summed E-state index contributed by atoms with van der Waals surface area (Å²) in [6.45, 7) is 2.90. The molecular weight excluding hydrogens is 198 g/mol. The lowest BCUT2D eigenvalue weighted by Crippen LogP contribution is -2.32. The molecule has 0 aromatic carbocycles. The highest BCUT2D eigenvalue weighted by Crippen LogP contribution is 2.31. The van der Waals surface area contributed by atoms with Crippen molar-refractivity contribution in [3.05, 3.63) is 0 Å². The molecule has 0 spiro atoms. The van der Waals surface area contributed by atoms with Crippen molar-refractivity contribution in [3.63, 3.8) is 0 Å². The molecule has 2 heteroatoms. The smallest absolute Gasteiger partial charge is 0.136 e. The van der Waals surface area contributed by atoms with Gasteiger partial charge in [-0.25, -0.2) is 0 Å². The summed E-state index contributed by atoms with van der Waals surface area (Å²) in [5.74, 6) is 1.26. The molecule has 0 aliphatic heterocycles. The Morgan fingerprint density at radius 2 is 1.94 bits per heavy atom. The van der Waals surface area contributed by atoms with Crippen molar-refractivity contribution >= 4 is 5.78 Å². The van der Waals surface area contributed by atoms with Crippen molar-refractivity contribution < 1.29 is 4.79 Å². The lowest BCUT2D eigenvalue weighted by Gasteiger charge is -2.29. The maximum absolute atomic E-state index is 12.1. The third-order valence-electron chi connectivity index (χ3n) is 3.90. The standard InChI is InChI=1S/C14H27NO/c1-2-3-4-5-10-14(16)13-9-7-6-8-12(13)11-15/h12-13H,2-11,15H2,1H3. The molecule has 2 atom stereocenters. The largest absolute Gasteiger partial charge is 0.330 e. The molecule has 0 saturated heterocycles. The minimum atomic E-state index is 0.292. The summed E-state index contributed by atoms with van der Waals surface area (Å²) in [7, 11) is 0. The van der Waals surface area contributed by atoms with Crippen LogP contribution in [0.15, 0.2) is 0 Å². The van der Waals surface area contributed by atoms with Gasteiger partial charge < -0.3 is 5.73 Å². The van der Waals surface area contributed by atoms with Crippen LogP contribution in [-0.2, 0) is 4.79 Å². The van der Waals surface area contributed by atoms with E-state index in [0.29, 0.717) is 24.2 Å². The maximum Gasteiger partial charge on any atom is 0.136 e. The first-order valence-electron chi connectivity index (χ1n) is 7.02. The Morgan fingerprint density at radius 3 is 2.62 bits per heavy atom. The summed E-state index contributed by atoms with van der Waals surface area (Å²) < 4.78 is 0. The predicted molar refractivity (Wildman–Crippen MR) is 68.3 cm³/mol. The number of Topliss-reactive ketones (excluding diaryl/α,β-unsaturated/α-hetero) is 1. The molecule has 1 saturated carbocycles. The molecule has 0 amide bonds. The van der Waals surface area contributed by atoms with Crippen molar-refractivity contribution in [1.82, 2.24) is 0 Å². The van der Waals surface area contributed by atoms with E-state index in [0.717, 1.165) is 19.3 Å². The number of ketones is 1. The van der Waals surface area contributed by atoms with Crippen LogP contribution in [-0.4, -0.2) is 12.3 Å². The molecule has 1 rings (SSSR count). The van der Waals surface area contributed by atoms with Gasteiger partial charge in [0.15, 0.2) is 0 Å². The summed E-state index contributed by atoms with van der Waals surface area (Å²) in [5, 5.41) is 0. The number of hydrogen-bond donors (Lipinski definition) is 1. The Kier molecular flexibility index (Phi) is 6.70. The van der Waals surface area contributed by atoms with Gasteiger partial charge in [0.1, 0.15) is 5.78 Å². The van der Waals surface area contributed by atoms with Crippen LogP contribution >= 0.6 is 0 Å². The van der Waals surface area contributed by atoms with Crippen LogP contribution in [0.4, 0.5) is 0 Å². The van der Waals surface area contributed by atoms with Crippen LogP contribution in [0.25, 0.3) is 0 Å². The summed E-state index contributed by atoms with van der Waals surface area (Å²) in [5.41, 5.74) is 5.76. The SMILES string of the molecule is CCCCCCC(=O)C1CCCCC1CN. The summed E-state index contributed by atoms with van der Waals surface area (Å²) in [6, 6.07) is 0. The highest BCUT2D eigenvalue weighted by Gasteiger charge is 2.28. The lowest BCUT2D eigenvalue weighted by atomic mass is 9.76. The molecule has 0 radical (unpaired) electrons. The van der Waals surface area contributed by atoms with Crippen molar-refractivity contribution in [2.45, 2.75) is 64.7 Å². The Hall–Kier alpha value is -0.370. The van der Waals surface area contributed by atoms with E-state index in [9.17, 15) is 4.79 Å². The van der Waals surface area contributed by atoms with E-state index in [2.05, 4.69) is 6.92 Å². The Morgan fingerprint density at radius 1 is 1.19 bits per heavy atom. The zero-order valence-corrected chi connectivity index (χ0v) is 10.7. The minimum Gasteiger partial charge on any atom is -0.330 e. The van der Waals surface area contributed by atoms with Crippen LogP contribution in [0.1, 0.15) is 64.7 Å². The van der Waals surface area contributed by atoms with Crippen LogP contribution in [0.5, 0.6) is 0 Å². The number of nitrogens with two attached hydrogens (primary N) is 1. The van der Waals surface area contributed by atoms with Crippen LogP contribution in [0.2, 0.25) is 0 Å². The van der Waals surface area contributed by atoms with E-state index in [1.54, 1.807) is 0 Å². The Balaban J connectivity index is 2.27. The van der Waals surface area contributed by atoms with E-state index in [1.807, 2.05) is 0 Å². The molecule has 0 aromatic heterocycles. The monoisotopic (exact) mass is 225 g/mol. The highest BCUT2D eigenvalue weighted by molar-refractivity contribution is 5.81. The molecule has 0 aromatic rings. The molecule has 1 aliphatic carbocycles. The number of carbonyl (C=O) groups is 1. The first kappa shape index (κ1) is 13.7. The quantitative estimate of drug-likeness (QED) is 0.676. The predicted octanol–water partition coefficient (Wildman–Crippen LogP) is 3.29. The second-order valence-corrected chi connectivity index (χ2v) is 5.16. The van der Waals surface area contributed by atoms with Crippen molar-refractivity contribution in [3.8, 4) is 0 Å². The lowest BCUT2D eigenvalue weighted by molar-refractivity contribution is -0.125. The molecule has 1 fully saturated rings. The first-order valence-corrected chi connectivity index (χ1v) is 7.02. The summed E-state index contributed by atoms with van der Waals surface area (Å²) in [6.07, 6.45) is 10.3. The fraction of sp³-hybridized carbons (Fsp3) is 0.929. The molecule has 16 heavy (non-hydrogen) atoms. The Bertz CT molecular complexity index is 203. The van der Waals surface area contributed by atoms with E-state index in [1.165, 1.54) is 38.5 Å². The molecule has 2 N–H and O–H groups in total. The van der Waals surface area contributed by atoms with Gasteiger partial charge in [0.2, 0.25) is 0 Å². The van der Waals surface area contributed by atoms with Gasteiger partial charge in [0.05, 0.1) is 0 Å². The fourth-order valence-electron chi connectivity index (χ4n) is 2.83. The summed E-state index contributed by atoms with van der Waals surface area (Å²) in [4.78, 5) is 12.1. The third-order valence-corrected chi connectivity index (χ3v) is 3.90. The zero-order chi connectivity index (χ0) is 11.8. The molecule has 0 bridgehead atoms. The number of rotatable bonds is 7. The van der Waals surface area contributed by atoms with E-state index in [4.69, 9.17) is 5.73 Å². The van der Waals surface area contributed by atoms with E-state index < -0.39 is 0 Å². The first-order chi connectivity index (χ1) is 7.79. The molecule has 2 unspecified atom stereocenters. The maximum atomic E-state index is 12.1. The van der Waals surface area contributed by atoms with Gasteiger partial charge in [-0.15, -0.1) is 0 Å². The third kappa shape index (κ3) is 4.25. The van der Waals surface area contributed by atoms with Gasteiger partial charge in [-0.2, -0.15) is 0 Å². The second-order valence-electron chi connectivity index (χ2n) is 5.16. The topological polar surface area (TPSA) is 43.1 Å². The average Bonchev–Trinajstić information content (AvgIpc) is 2.34. The molecule has 1 aliphatic rings. The van der Waals surface area contributed by atoms with Crippen molar-refractivity contribution in [2.24, 2.45) is 17.6 Å². The van der Waals surface area contributed by atoms with Gasteiger partial charge in [-0.3, -0.25) is 4.79 Å². The second kappa shape index (κ2) is 7.83. The van der Waals surface area contributed by atoms with Gasteiger partial charge in [-0.1, -0.05) is 39.0 Å². The molecular formula is C14H27NO. The van der Waals surface area contributed by atoms with Crippen molar-refractivity contribution in [1.29, 1.82) is 0 Å². The minimum absolute atomic E-state index is 0.292. The van der Waals surface area contributed by atoms with E-state index in [-0.39, 0.29) is 0 Å². The van der Waals surface area contributed by atoms with Crippen LogP contribution in [0, 0.1) is 11.8 Å². The molecule has 0 heterocycles. The van der Waals surface area contributed by atoms with Crippen LogP contribution < -0.4 is 5.73 Å². The summed E-state index contributed by atoms with van der Waals surface area (Å²) >= 11 is 0. The van der Waals surface area contributed by atoms with Gasteiger partial charge >= 0.3 is 0 Å². The van der Waals surface area contributed by atoms with Gasteiger partial charge in [0, 0.05) is 12.3 Å². The van der Waals surface area contributed by atoms with Gasteiger partial charge in [0.25, 0.3) is 0 Å². The molecule has 94 valence electrons. The number of carbonyl (C=O) groups excluding carboxylic acids is 1. The van der Waals surface area contributed by atoms with Gasteiger partial charge in [-0.05, 0) is 31.7 Å². The number of unbranched alkanes of at least 4 members (excludes halogenated alkanes) is 3. The Labute approximate surface area is 100.0 Å². The highest BCUT2D eigenvalue weighted by atomic mass is 16.1. The van der Waals surface area contributed by atoms with Crippen LogP contribution in [0.3, 0.4) is 0 Å². The zero-order valence-electron chi connectivity index (χ0n) is 10.7. The molecule has 2 nitrogen and oxygen atoms in total.